The first-order valence-electron chi connectivity index (χ1n) is 7.32. The molecule has 0 atom stereocenters. The molecule has 0 fully saturated rings. The largest absolute Gasteiger partial charge is 0.383 e. The van der Waals surface area contributed by atoms with Crippen LogP contribution in [0.4, 0.5) is 0 Å². The zero-order valence-corrected chi connectivity index (χ0v) is 12.3. The number of rotatable bonds is 4. The van der Waals surface area contributed by atoms with Gasteiger partial charge in [0.15, 0.2) is 0 Å². The van der Waals surface area contributed by atoms with Crippen LogP contribution in [-0.4, -0.2) is 5.84 Å². The van der Waals surface area contributed by atoms with E-state index in [1.165, 1.54) is 5.56 Å². The Morgan fingerprint density at radius 2 is 1.36 bits per heavy atom. The highest BCUT2D eigenvalue weighted by Crippen LogP contribution is 2.20. The Morgan fingerprint density at radius 3 is 2.09 bits per heavy atom. The molecule has 22 heavy (non-hydrogen) atoms. The van der Waals surface area contributed by atoms with Gasteiger partial charge in [0.05, 0.1) is 6.54 Å². The number of aliphatic imine (C=N–C) groups is 1. The van der Waals surface area contributed by atoms with Gasteiger partial charge in [0, 0.05) is 5.56 Å². The quantitative estimate of drug-likeness (QED) is 0.565. The van der Waals surface area contributed by atoms with Crippen LogP contribution in [0.1, 0.15) is 11.1 Å². The normalized spacial score (nSPS) is 11.4. The Kier molecular flexibility index (Phi) is 4.30. The molecule has 0 saturated heterocycles. The summed E-state index contributed by atoms with van der Waals surface area (Å²) >= 11 is 0. The third-order valence-corrected chi connectivity index (χ3v) is 3.54. The van der Waals surface area contributed by atoms with Crippen molar-refractivity contribution < 1.29 is 0 Å². The van der Waals surface area contributed by atoms with Gasteiger partial charge in [-0.15, -0.1) is 0 Å². The van der Waals surface area contributed by atoms with E-state index in [1.54, 1.807) is 0 Å². The Morgan fingerprint density at radius 1 is 0.727 bits per heavy atom. The lowest BCUT2D eigenvalue weighted by molar-refractivity contribution is 1.06. The maximum atomic E-state index is 6.14. The average Bonchev–Trinajstić information content (AvgIpc) is 2.61. The van der Waals surface area contributed by atoms with Crippen molar-refractivity contribution in [3.05, 3.63) is 96.1 Å². The molecule has 2 nitrogen and oxygen atoms in total. The van der Waals surface area contributed by atoms with Crippen LogP contribution in [0.2, 0.25) is 0 Å². The third kappa shape index (κ3) is 3.41. The highest BCUT2D eigenvalue weighted by Gasteiger charge is 2.02. The van der Waals surface area contributed by atoms with E-state index in [-0.39, 0.29) is 0 Å². The molecule has 2 heteroatoms. The fraction of sp³-hybridized carbons (Fsp3) is 0.0500. The Labute approximate surface area is 131 Å². The second kappa shape index (κ2) is 6.72. The molecule has 0 heterocycles. The second-order valence-electron chi connectivity index (χ2n) is 5.13. The van der Waals surface area contributed by atoms with Crippen molar-refractivity contribution in [1.29, 1.82) is 0 Å². The maximum Gasteiger partial charge on any atom is 0.125 e. The first-order valence-corrected chi connectivity index (χ1v) is 7.32. The summed E-state index contributed by atoms with van der Waals surface area (Å²) in [5, 5.41) is 0. The van der Waals surface area contributed by atoms with Gasteiger partial charge in [0.25, 0.3) is 0 Å². The van der Waals surface area contributed by atoms with Crippen molar-refractivity contribution in [3.8, 4) is 11.1 Å². The number of benzene rings is 3. The van der Waals surface area contributed by atoms with Crippen LogP contribution in [0.3, 0.4) is 0 Å². The smallest absolute Gasteiger partial charge is 0.125 e. The van der Waals surface area contributed by atoms with E-state index in [0.717, 1.165) is 16.7 Å². The van der Waals surface area contributed by atoms with Crippen molar-refractivity contribution >= 4 is 5.84 Å². The van der Waals surface area contributed by atoms with Crippen molar-refractivity contribution in [1.82, 2.24) is 0 Å². The van der Waals surface area contributed by atoms with E-state index in [9.17, 15) is 0 Å². The first-order chi connectivity index (χ1) is 10.8. The Hall–Kier alpha value is -2.87. The molecule has 0 amide bonds. The molecule has 0 aliphatic rings. The molecule has 3 aromatic rings. The van der Waals surface area contributed by atoms with Gasteiger partial charge in [-0.1, -0.05) is 78.9 Å². The molecule has 0 spiro atoms. The minimum Gasteiger partial charge on any atom is -0.383 e. The molecule has 0 bridgehead atoms. The fourth-order valence-electron chi connectivity index (χ4n) is 2.34. The summed E-state index contributed by atoms with van der Waals surface area (Å²) in [6.45, 7) is 0.599. The van der Waals surface area contributed by atoms with Crippen LogP contribution in [-0.2, 0) is 6.54 Å². The van der Waals surface area contributed by atoms with Crippen LogP contribution in [0, 0.1) is 0 Å². The van der Waals surface area contributed by atoms with Crippen LogP contribution in [0.25, 0.3) is 11.1 Å². The van der Waals surface area contributed by atoms with Gasteiger partial charge < -0.3 is 5.73 Å². The lowest BCUT2D eigenvalue weighted by atomic mass is 10.0. The number of nitrogens with two attached hydrogens (primary N) is 1. The van der Waals surface area contributed by atoms with Crippen LogP contribution >= 0.6 is 0 Å². The molecule has 0 unspecified atom stereocenters. The number of amidine groups is 1. The van der Waals surface area contributed by atoms with E-state index < -0.39 is 0 Å². The summed E-state index contributed by atoms with van der Waals surface area (Å²) in [4.78, 5) is 4.49. The van der Waals surface area contributed by atoms with E-state index in [0.29, 0.717) is 12.4 Å². The molecular weight excluding hydrogens is 268 g/mol. The molecule has 2 N–H and O–H groups in total. The topological polar surface area (TPSA) is 38.4 Å². The number of hydrogen-bond donors (Lipinski definition) is 1. The fourth-order valence-corrected chi connectivity index (χ4v) is 2.34. The lowest BCUT2D eigenvalue weighted by Crippen LogP contribution is -2.13. The monoisotopic (exact) mass is 286 g/mol. The predicted octanol–water partition coefficient (Wildman–Crippen LogP) is 4.26. The van der Waals surface area contributed by atoms with E-state index in [4.69, 9.17) is 5.73 Å². The summed E-state index contributed by atoms with van der Waals surface area (Å²) in [7, 11) is 0. The molecule has 0 radical (unpaired) electrons. The minimum atomic E-state index is 0.571. The predicted molar refractivity (Wildman–Crippen MR) is 92.7 cm³/mol. The zero-order chi connectivity index (χ0) is 15.2. The van der Waals surface area contributed by atoms with Crippen molar-refractivity contribution in [2.45, 2.75) is 6.54 Å². The molecule has 3 rings (SSSR count). The van der Waals surface area contributed by atoms with Gasteiger partial charge in [-0.05, 0) is 22.8 Å². The standard InChI is InChI=1S/C20H18N2/c21-20(22-15-16-8-3-1-4-9-16)19-13-7-12-18(14-19)17-10-5-2-6-11-17/h1-14H,15H2,(H2,21,22). The van der Waals surface area contributed by atoms with Gasteiger partial charge in [-0.2, -0.15) is 0 Å². The Bertz CT molecular complexity index is 762. The van der Waals surface area contributed by atoms with Gasteiger partial charge >= 0.3 is 0 Å². The lowest BCUT2D eigenvalue weighted by Gasteiger charge is -2.06. The van der Waals surface area contributed by atoms with Gasteiger partial charge in [0.2, 0.25) is 0 Å². The van der Waals surface area contributed by atoms with Gasteiger partial charge in [-0.3, -0.25) is 4.99 Å². The van der Waals surface area contributed by atoms with Gasteiger partial charge in [-0.25, -0.2) is 0 Å². The molecule has 0 aliphatic carbocycles. The van der Waals surface area contributed by atoms with E-state index >= 15 is 0 Å². The third-order valence-electron chi connectivity index (χ3n) is 3.54. The first kappa shape index (κ1) is 14.1. The SMILES string of the molecule is NC(=NCc1ccccc1)c1cccc(-c2ccccc2)c1. The van der Waals surface area contributed by atoms with E-state index in [2.05, 4.69) is 41.4 Å². The highest BCUT2D eigenvalue weighted by molar-refractivity contribution is 5.98. The summed E-state index contributed by atoms with van der Waals surface area (Å²) in [5.74, 6) is 0.571. The molecule has 108 valence electrons. The molecule has 3 aromatic carbocycles. The van der Waals surface area contributed by atoms with Crippen LogP contribution < -0.4 is 5.73 Å². The van der Waals surface area contributed by atoms with Crippen molar-refractivity contribution in [2.75, 3.05) is 0 Å². The van der Waals surface area contributed by atoms with Crippen molar-refractivity contribution in [3.63, 3.8) is 0 Å². The Balaban J connectivity index is 1.82. The summed E-state index contributed by atoms with van der Waals surface area (Å²) < 4.78 is 0. The molecular formula is C20H18N2. The summed E-state index contributed by atoms with van der Waals surface area (Å²) in [6.07, 6.45) is 0. The highest BCUT2D eigenvalue weighted by atomic mass is 14.8. The summed E-state index contributed by atoms with van der Waals surface area (Å²) in [5.41, 5.74) is 10.6. The second-order valence-corrected chi connectivity index (χ2v) is 5.13. The molecule has 0 saturated carbocycles. The van der Waals surface area contributed by atoms with Gasteiger partial charge in [0.1, 0.15) is 5.84 Å². The van der Waals surface area contributed by atoms with Crippen LogP contribution in [0.5, 0.6) is 0 Å². The zero-order valence-electron chi connectivity index (χ0n) is 12.3. The molecule has 0 aliphatic heterocycles. The molecule has 0 aromatic heterocycles. The minimum absolute atomic E-state index is 0.571. The maximum absolute atomic E-state index is 6.14. The van der Waals surface area contributed by atoms with E-state index in [1.807, 2.05) is 48.5 Å². The van der Waals surface area contributed by atoms with Crippen molar-refractivity contribution in [2.24, 2.45) is 10.7 Å². The van der Waals surface area contributed by atoms with Crippen LogP contribution in [0.15, 0.2) is 89.9 Å². The average molecular weight is 286 g/mol. The number of hydrogen-bond acceptors (Lipinski definition) is 1. The number of nitrogens with zero attached hydrogens (tertiary/aromatic N) is 1. The summed E-state index contributed by atoms with van der Waals surface area (Å²) in [6, 6.07) is 28.6.